The third kappa shape index (κ3) is 3.72. The first kappa shape index (κ1) is 19.5. The van der Waals surface area contributed by atoms with E-state index >= 15 is 0 Å². The lowest BCUT2D eigenvalue weighted by Gasteiger charge is -2.24. The molecule has 1 fully saturated rings. The molecule has 2 N–H and O–H groups in total. The number of nitrogens with one attached hydrogen (secondary N) is 1. The van der Waals surface area contributed by atoms with Crippen molar-refractivity contribution < 1.29 is 24.1 Å². The number of carbonyl (C=O) groups excluding carboxylic acids is 1. The number of phenols is 1. The van der Waals surface area contributed by atoms with Crippen LogP contribution in [0.5, 0.6) is 23.0 Å². The van der Waals surface area contributed by atoms with Gasteiger partial charge in [-0.3, -0.25) is 9.69 Å². The van der Waals surface area contributed by atoms with Crippen LogP contribution in [0.15, 0.2) is 0 Å². The van der Waals surface area contributed by atoms with Gasteiger partial charge in [0.25, 0.3) is 5.91 Å². The van der Waals surface area contributed by atoms with Gasteiger partial charge in [0.05, 0.1) is 21.3 Å². The average molecular weight is 373 g/mol. The van der Waals surface area contributed by atoms with Crippen LogP contribution in [0, 0.1) is 0 Å². The van der Waals surface area contributed by atoms with Gasteiger partial charge in [0, 0.05) is 12.6 Å². The fourth-order valence-electron chi connectivity index (χ4n) is 3.26. The number of benzene rings is 1. The molecule has 8 heteroatoms. The van der Waals surface area contributed by atoms with Crippen molar-refractivity contribution in [2.45, 2.75) is 25.8 Å². The number of methoxy groups -OCH3 is 3. The van der Waals surface area contributed by atoms with Crippen LogP contribution < -0.4 is 19.5 Å². The molecule has 0 aliphatic carbocycles. The topological polar surface area (TPSA) is 80.3 Å². The molecule has 1 heterocycles. The van der Waals surface area contributed by atoms with Crippen molar-refractivity contribution in [2.24, 2.45) is 0 Å². The SMILES string of the molecule is CCN1CCC[C@H]1CNC(=O)c1c(OC)c(Cl)c(O)c(OC)c1OC. The number of carbonyl (C=O) groups is 1. The molecule has 1 aromatic rings. The molecule has 2 rings (SSSR count). The fraction of sp³-hybridized carbons (Fsp3) is 0.588. The molecule has 1 saturated heterocycles. The monoisotopic (exact) mass is 372 g/mol. The Bertz CT molecular complexity index is 638. The summed E-state index contributed by atoms with van der Waals surface area (Å²) < 4.78 is 15.7. The Morgan fingerprint density at radius 1 is 1.24 bits per heavy atom. The van der Waals surface area contributed by atoms with E-state index in [0.717, 1.165) is 25.9 Å². The molecule has 1 aliphatic rings. The first-order chi connectivity index (χ1) is 12.0. The Balaban J connectivity index is 2.33. The summed E-state index contributed by atoms with van der Waals surface area (Å²) in [6, 6.07) is 0.306. The standard InChI is InChI=1S/C17H25ClN2O5/c1-5-20-8-6-7-10(20)9-19-17(22)11-14(23-2)12(18)13(21)16(25-4)15(11)24-3/h10,21H,5-9H2,1-4H3,(H,19,22)/t10-/m0/s1. The van der Waals surface area contributed by atoms with Gasteiger partial charge in [-0.05, 0) is 25.9 Å². The third-order valence-electron chi connectivity index (χ3n) is 4.53. The highest BCUT2D eigenvalue weighted by Gasteiger charge is 2.31. The molecular weight excluding hydrogens is 348 g/mol. The zero-order valence-electron chi connectivity index (χ0n) is 15.0. The van der Waals surface area contributed by atoms with Crippen molar-refractivity contribution in [3.63, 3.8) is 0 Å². The summed E-state index contributed by atoms with van der Waals surface area (Å²) in [7, 11) is 4.12. The summed E-state index contributed by atoms with van der Waals surface area (Å²) in [5.41, 5.74) is 0.102. The Morgan fingerprint density at radius 2 is 1.88 bits per heavy atom. The number of ether oxygens (including phenoxy) is 3. The van der Waals surface area contributed by atoms with Crippen LogP contribution >= 0.6 is 11.6 Å². The van der Waals surface area contributed by atoms with E-state index < -0.39 is 5.91 Å². The fourth-order valence-corrected chi connectivity index (χ4v) is 3.52. The molecule has 0 bridgehead atoms. The van der Waals surface area contributed by atoms with E-state index in [4.69, 9.17) is 25.8 Å². The molecule has 7 nitrogen and oxygen atoms in total. The molecular formula is C17H25ClN2O5. The number of amides is 1. The second-order valence-corrected chi connectivity index (χ2v) is 6.15. The lowest BCUT2D eigenvalue weighted by Crippen LogP contribution is -2.40. The number of rotatable bonds is 7. The number of nitrogens with zero attached hydrogens (tertiary/aromatic N) is 1. The smallest absolute Gasteiger partial charge is 0.259 e. The lowest BCUT2D eigenvalue weighted by atomic mass is 10.1. The second kappa shape index (κ2) is 8.49. The van der Waals surface area contributed by atoms with Crippen LogP contribution in [0.3, 0.4) is 0 Å². The summed E-state index contributed by atoms with van der Waals surface area (Å²) in [5.74, 6) is -0.598. The number of halogens is 1. The molecule has 0 spiro atoms. The Kier molecular flexibility index (Phi) is 6.61. The maximum absolute atomic E-state index is 12.8. The first-order valence-electron chi connectivity index (χ1n) is 8.22. The molecule has 0 aromatic heterocycles. The van der Waals surface area contributed by atoms with E-state index in [2.05, 4.69) is 17.1 Å². The number of likely N-dealkylation sites (N-methyl/N-ethyl adjacent to an activating group) is 1. The Labute approximate surface area is 152 Å². The molecule has 1 amide bonds. The van der Waals surface area contributed by atoms with Crippen LogP contribution in [0.1, 0.15) is 30.1 Å². The number of aromatic hydroxyl groups is 1. The number of hydrogen-bond donors (Lipinski definition) is 2. The molecule has 1 aliphatic heterocycles. The van der Waals surface area contributed by atoms with E-state index in [-0.39, 0.29) is 33.6 Å². The van der Waals surface area contributed by atoms with Crippen molar-refractivity contribution in [3.8, 4) is 23.0 Å². The molecule has 0 unspecified atom stereocenters. The molecule has 25 heavy (non-hydrogen) atoms. The van der Waals surface area contributed by atoms with E-state index in [1.54, 1.807) is 0 Å². The predicted molar refractivity (Wildman–Crippen MR) is 95.4 cm³/mol. The Hall–Kier alpha value is -1.86. The van der Waals surface area contributed by atoms with Gasteiger partial charge in [-0.1, -0.05) is 18.5 Å². The van der Waals surface area contributed by atoms with E-state index in [1.165, 1.54) is 21.3 Å². The minimum absolute atomic E-state index is 0.00509. The van der Waals surface area contributed by atoms with Crippen molar-refractivity contribution in [1.29, 1.82) is 0 Å². The normalized spacial score (nSPS) is 17.4. The van der Waals surface area contributed by atoms with Gasteiger partial charge in [0.1, 0.15) is 10.6 Å². The van der Waals surface area contributed by atoms with Gasteiger partial charge in [-0.15, -0.1) is 0 Å². The van der Waals surface area contributed by atoms with Crippen molar-refractivity contribution in [3.05, 3.63) is 10.6 Å². The molecule has 1 aromatic carbocycles. The summed E-state index contributed by atoms with van der Waals surface area (Å²) in [6.07, 6.45) is 2.17. The van der Waals surface area contributed by atoms with Gasteiger partial charge in [-0.2, -0.15) is 0 Å². The number of phenolic OH excluding ortho intramolecular Hbond substituents is 1. The minimum Gasteiger partial charge on any atom is -0.503 e. The summed E-state index contributed by atoms with van der Waals surface area (Å²) in [6.45, 7) is 4.62. The van der Waals surface area contributed by atoms with Crippen LogP contribution in [-0.4, -0.2) is 62.9 Å². The van der Waals surface area contributed by atoms with Gasteiger partial charge in [0.15, 0.2) is 17.2 Å². The van der Waals surface area contributed by atoms with Crippen LogP contribution in [-0.2, 0) is 0 Å². The van der Waals surface area contributed by atoms with E-state index in [1.807, 2.05) is 0 Å². The quantitative estimate of drug-likeness (QED) is 0.764. The predicted octanol–water partition coefficient (Wildman–Crippen LogP) is 2.29. The summed E-state index contributed by atoms with van der Waals surface area (Å²) >= 11 is 6.13. The molecule has 0 radical (unpaired) electrons. The van der Waals surface area contributed by atoms with Gasteiger partial charge < -0.3 is 24.6 Å². The minimum atomic E-state index is -0.392. The second-order valence-electron chi connectivity index (χ2n) is 5.77. The third-order valence-corrected chi connectivity index (χ3v) is 4.88. The largest absolute Gasteiger partial charge is 0.503 e. The van der Waals surface area contributed by atoms with Gasteiger partial charge in [-0.25, -0.2) is 0 Å². The Morgan fingerprint density at radius 3 is 2.44 bits per heavy atom. The van der Waals surface area contributed by atoms with Gasteiger partial charge >= 0.3 is 0 Å². The highest BCUT2D eigenvalue weighted by Crippen LogP contribution is 2.50. The summed E-state index contributed by atoms with van der Waals surface area (Å²) in [4.78, 5) is 15.1. The van der Waals surface area contributed by atoms with Gasteiger partial charge in [0.2, 0.25) is 5.75 Å². The first-order valence-corrected chi connectivity index (χ1v) is 8.60. The maximum atomic E-state index is 12.8. The highest BCUT2D eigenvalue weighted by atomic mass is 35.5. The van der Waals surface area contributed by atoms with Crippen molar-refractivity contribution in [1.82, 2.24) is 10.2 Å². The zero-order chi connectivity index (χ0) is 18.6. The van der Waals surface area contributed by atoms with Crippen LogP contribution in [0.25, 0.3) is 0 Å². The number of likely N-dealkylation sites (tertiary alicyclic amines) is 1. The zero-order valence-corrected chi connectivity index (χ0v) is 15.8. The van der Waals surface area contributed by atoms with Crippen LogP contribution in [0.4, 0.5) is 0 Å². The van der Waals surface area contributed by atoms with E-state index in [9.17, 15) is 9.90 Å². The molecule has 140 valence electrons. The number of hydrogen-bond acceptors (Lipinski definition) is 6. The summed E-state index contributed by atoms with van der Waals surface area (Å²) in [5, 5.41) is 13.0. The molecule has 1 atom stereocenters. The van der Waals surface area contributed by atoms with Crippen LogP contribution in [0.2, 0.25) is 5.02 Å². The van der Waals surface area contributed by atoms with Crippen molar-refractivity contribution >= 4 is 17.5 Å². The van der Waals surface area contributed by atoms with Crippen molar-refractivity contribution in [2.75, 3.05) is 41.0 Å². The highest BCUT2D eigenvalue weighted by molar-refractivity contribution is 6.34. The lowest BCUT2D eigenvalue weighted by molar-refractivity contribution is 0.0934. The van der Waals surface area contributed by atoms with E-state index in [0.29, 0.717) is 12.6 Å². The average Bonchev–Trinajstić information content (AvgIpc) is 3.08. The maximum Gasteiger partial charge on any atom is 0.259 e. The molecule has 0 saturated carbocycles.